The van der Waals surface area contributed by atoms with E-state index in [1.165, 1.54) is 56.8 Å². The number of carbonyl (C=O) groups excluding carboxylic acids is 1. The number of nitrogens with zero attached hydrogens (tertiary/aromatic N) is 3. The van der Waals surface area contributed by atoms with Crippen molar-refractivity contribution < 1.29 is 23.6 Å². The van der Waals surface area contributed by atoms with Crippen LogP contribution in [0.2, 0.25) is 0 Å². The predicted molar refractivity (Wildman–Crippen MR) is 140 cm³/mol. The lowest BCUT2D eigenvalue weighted by atomic mass is 9.97. The lowest BCUT2D eigenvalue weighted by Gasteiger charge is -2.31. The maximum absolute atomic E-state index is 12.0. The summed E-state index contributed by atoms with van der Waals surface area (Å²) in [6.45, 7) is 3.73. The highest BCUT2D eigenvalue weighted by molar-refractivity contribution is 5.82. The smallest absolute Gasteiger partial charge is 0.496 e. The van der Waals surface area contributed by atoms with E-state index in [1.807, 2.05) is 36.4 Å². The van der Waals surface area contributed by atoms with E-state index in [-0.39, 0.29) is 5.96 Å². The van der Waals surface area contributed by atoms with Crippen LogP contribution < -0.4 is 10.5 Å². The van der Waals surface area contributed by atoms with Crippen molar-refractivity contribution in [3.05, 3.63) is 65.4 Å². The summed E-state index contributed by atoms with van der Waals surface area (Å²) in [6, 6.07) is 14.9. The summed E-state index contributed by atoms with van der Waals surface area (Å²) in [4.78, 5) is 24.5. The van der Waals surface area contributed by atoms with Gasteiger partial charge in [-0.25, -0.2) is 0 Å². The van der Waals surface area contributed by atoms with Gasteiger partial charge < -0.3 is 24.6 Å². The van der Waals surface area contributed by atoms with Gasteiger partial charge in [0.05, 0.1) is 7.11 Å². The number of likely N-dealkylation sites (tertiary alicyclic amines) is 1. The van der Waals surface area contributed by atoms with E-state index < -0.39 is 12.2 Å². The molecule has 0 saturated carbocycles. The maximum atomic E-state index is 12.0. The van der Waals surface area contributed by atoms with E-state index in [0.717, 1.165) is 29.4 Å². The molecule has 3 aromatic rings. The predicted octanol–water partition coefficient (Wildman–Crippen LogP) is 5.34. The van der Waals surface area contributed by atoms with Crippen LogP contribution in [-0.4, -0.2) is 48.8 Å². The Kier molecular flexibility index (Phi) is 7.79. The molecule has 0 amide bonds. The molecule has 2 aliphatic rings. The monoisotopic (exact) mass is 506 g/mol. The normalized spacial score (nSPS) is 16.9. The molecule has 1 saturated heterocycles. The number of furan rings is 1. The number of unbranched alkanes of at least 4 members (excludes halogenated alkanes) is 3. The highest BCUT2D eigenvalue weighted by atomic mass is 16.9. The van der Waals surface area contributed by atoms with Crippen LogP contribution >= 0.6 is 0 Å². The zero-order valence-electron chi connectivity index (χ0n) is 21.2. The molecule has 0 radical (unpaired) electrons. The lowest BCUT2D eigenvalue weighted by Crippen LogP contribution is -2.45. The highest BCUT2D eigenvalue weighted by Gasteiger charge is 2.36. The van der Waals surface area contributed by atoms with E-state index in [1.54, 1.807) is 7.11 Å². The molecule has 9 heteroatoms. The number of hydrogen-bond acceptors (Lipinski definition) is 9. The Hall–Kier alpha value is -3.72. The Morgan fingerprint density at radius 1 is 1.05 bits per heavy atom. The molecule has 2 N–H and O–H groups in total. The topological polar surface area (TPSA) is 103 Å². The average Bonchev–Trinajstić information content (AvgIpc) is 3.58. The van der Waals surface area contributed by atoms with E-state index in [2.05, 4.69) is 27.0 Å². The number of methoxy groups -OCH3 is 1. The standard InChI is InChI=1S/C28H34N4O5/c1-34-24-14-13-20(10-4-2-3-7-15-31-16-8-9-17-31)18-22(24)26(32-27(29)30-36-28(33)37-32)25-19-21-11-5-6-12-23(21)35-25/h5-6,11-14,18-19,26H,2-4,7-10,15-17H2,1H3,(H2,29,30). The van der Waals surface area contributed by atoms with Gasteiger partial charge in [-0.1, -0.05) is 37.1 Å². The van der Waals surface area contributed by atoms with Crippen molar-refractivity contribution in [2.24, 2.45) is 10.9 Å². The zero-order chi connectivity index (χ0) is 25.6. The van der Waals surface area contributed by atoms with Crippen LogP contribution in [0.25, 0.3) is 11.0 Å². The first-order valence-corrected chi connectivity index (χ1v) is 13.0. The second-order valence-corrected chi connectivity index (χ2v) is 9.59. The van der Waals surface area contributed by atoms with E-state index >= 15 is 0 Å². The van der Waals surface area contributed by atoms with Crippen molar-refractivity contribution in [1.82, 2.24) is 9.96 Å². The van der Waals surface area contributed by atoms with Gasteiger partial charge in [-0.05, 0) is 86.7 Å². The quantitative estimate of drug-likeness (QED) is 0.275. The Morgan fingerprint density at radius 3 is 2.68 bits per heavy atom. The van der Waals surface area contributed by atoms with Gasteiger partial charge in [0.1, 0.15) is 17.1 Å². The largest absolute Gasteiger partial charge is 0.560 e. The number of carbonyl (C=O) groups is 1. The number of guanidine groups is 1. The molecule has 1 fully saturated rings. The number of nitrogens with two attached hydrogens (primary N) is 1. The minimum absolute atomic E-state index is 0.101. The van der Waals surface area contributed by atoms with Crippen molar-refractivity contribution in [2.45, 2.75) is 51.0 Å². The summed E-state index contributed by atoms with van der Waals surface area (Å²) in [5, 5.41) is 5.79. The molecule has 0 bridgehead atoms. The van der Waals surface area contributed by atoms with Crippen LogP contribution in [0.3, 0.4) is 0 Å². The molecule has 5 rings (SSSR count). The molecule has 1 aromatic heterocycles. The molecule has 0 aliphatic carbocycles. The summed E-state index contributed by atoms with van der Waals surface area (Å²) in [5.74, 6) is 1.05. The number of oxime groups is 1. The van der Waals surface area contributed by atoms with Gasteiger partial charge in [-0.3, -0.25) is 4.84 Å². The number of rotatable bonds is 11. The van der Waals surface area contributed by atoms with Crippen LogP contribution in [0.4, 0.5) is 4.79 Å². The number of hydroxylamine groups is 2. The molecule has 2 aliphatic heterocycles. The molecule has 37 heavy (non-hydrogen) atoms. The Balaban J connectivity index is 1.37. The molecular weight excluding hydrogens is 472 g/mol. The Bertz CT molecular complexity index is 1220. The van der Waals surface area contributed by atoms with Crippen LogP contribution in [0.15, 0.2) is 58.1 Å². The Labute approximate surface area is 216 Å². The number of ether oxygens (including phenoxy) is 1. The fraction of sp³-hybridized carbons (Fsp3) is 0.429. The number of aryl methyl sites for hydroxylation is 1. The summed E-state index contributed by atoms with van der Waals surface area (Å²) in [5.41, 5.74) is 8.72. The molecule has 9 nitrogen and oxygen atoms in total. The fourth-order valence-corrected chi connectivity index (χ4v) is 5.16. The average molecular weight is 507 g/mol. The van der Waals surface area contributed by atoms with Gasteiger partial charge in [-0.2, -0.15) is 9.86 Å². The van der Waals surface area contributed by atoms with Crippen LogP contribution in [0.1, 0.15) is 61.5 Å². The van der Waals surface area contributed by atoms with Crippen LogP contribution in [-0.2, 0) is 16.1 Å². The fourth-order valence-electron chi connectivity index (χ4n) is 5.16. The van der Waals surface area contributed by atoms with Crippen molar-refractivity contribution in [3.63, 3.8) is 0 Å². The zero-order valence-corrected chi connectivity index (χ0v) is 21.2. The first-order chi connectivity index (χ1) is 18.1. The minimum Gasteiger partial charge on any atom is -0.496 e. The van der Waals surface area contributed by atoms with Crippen molar-refractivity contribution in [3.8, 4) is 5.75 Å². The summed E-state index contributed by atoms with van der Waals surface area (Å²) in [7, 11) is 1.61. The number of hydrogen-bond donors (Lipinski definition) is 1. The highest BCUT2D eigenvalue weighted by Crippen LogP contribution is 2.39. The van der Waals surface area contributed by atoms with Gasteiger partial charge in [0.25, 0.3) is 5.96 Å². The second-order valence-electron chi connectivity index (χ2n) is 9.59. The Morgan fingerprint density at radius 2 is 1.86 bits per heavy atom. The number of benzene rings is 2. The second kappa shape index (κ2) is 11.6. The van der Waals surface area contributed by atoms with Gasteiger partial charge in [0.2, 0.25) is 0 Å². The molecule has 1 unspecified atom stereocenters. The number of para-hydroxylation sites is 1. The minimum atomic E-state index is -0.973. The molecule has 2 aromatic carbocycles. The molecular formula is C28H34N4O5. The van der Waals surface area contributed by atoms with Gasteiger partial charge >= 0.3 is 6.16 Å². The summed E-state index contributed by atoms with van der Waals surface area (Å²) in [6.07, 6.45) is 7.41. The van der Waals surface area contributed by atoms with Crippen LogP contribution in [0, 0.1) is 0 Å². The third-order valence-corrected chi connectivity index (χ3v) is 7.04. The molecule has 1 atom stereocenters. The first-order valence-electron chi connectivity index (χ1n) is 13.0. The van der Waals surface area contributed by atoms with E-state index in [4.69, 9.17) is 19.7 Å². The van der Waals surface area contributed by atoms with Gasteiger partial charge in [-0.15, -0.1) is 0 Å². The van der Waals surface area contributed by atoms with Crippen molar-refractivity contribution >= 4 is 23.1 Å². The number of fused-ring (bicyclic) bond motifs is 1. The van der Waals surface area contributed by atoms with Gasteiger partial charge in [0, 0.05) is 10.9 Å². The molecule has 196 valence electrons. The summed E-state index contributed by atoms with van der Waals surface area (Å²) >= 11 is 0. The van der Waals surface area contributed by atoms with Gasteiger partial charge in [0.15, 0.2) is 6.04 Å². The third-order valence-electron chi connectivity index (χ3n) is 7.04. The van der Waals surface area contributed by atoms with Crippen molar-refractivity contribution in [2.75, 3.05) is 26.7 Å². The van der Waals surface area contributed by atoms with E-state index in [9.17, 15) is 4.79 Å². The SMILES string of the molecule is COc1ccc(CCCCCCN2CCCC2)cc1C(c1cc2ccccc2o1)N1OC(=O)ON=C1N. The lowest BCUT2D eigenvalue weighted by molar-refractivity contribution is -0.116. The maximum Gasteiger partial charge on any atom is 0.560 e. The molecule has 0 spiro atoms. The first kappa shape index (κ1) is 25.0. The van der Waals surface area contributed by atoms with E-state index in [0.29, 0.717) is 17.1 Å². The third kappa shape index (κ3) is 5.83. The van der Waals surface area contributed by atoms with Crippen LogP contribution in [0.5, 0.6) is 5.75 Å². The van der Waals surface area contributed by atoms with Crippen molar-refractivity contribution in [1.29, 1.82) is 0 Å². The summed E-state index contributed by atoms with van der Waals surface area (Å²) < 4.78 is 11.9. The molecule has 3 heterocycles.